The Bertz CT molecular complexity index is 682. The summed E-state index contributed by atoms with van der Waals surface area (Å²) in [4.78, 5) is 12.1. The Balaban J connectivity index is 1.89. The van der Waals surface area contributed by atoms with Crippen LogP contribution in [0.15, 0.2) is 30.5 Å². The molecule has 24 heavy (non-hydrogen) atoms. The highest BCUT2D eigenvalue weighted by Crippen LogP contribution is 2.28. The molecule has 0 bridgehead atoms. The highest BCUT2D eigenvalue weighted by atomic mass is 16.5. The number of ether oxygens (including phenoxy) is 2. The summed E-state index contributed by atoms with van der Waals surface area (Å²) >= 11 is 0. The fraction of sp³-hybridized carbons (Fsp3) is 0.444. The number of nitrogens with one attached hydrogen (secondary N) is 1. The Hall–Kier alpha value is -2.50. The van der Waals surface area contributed by atoms with Gasteiger partial charge in [0.05, 0.1) is 25.5 Å². The summed E-state index contributed by atoms with van der Waals surface area (Å²) in [6.07, 6.45) is 2.28. The topological polar surface area (TPSA) is 65.4 Å². The normalized spacial score (nSPS) is 11.8. The highest BCUT2D eigenvalue weighted by Gasteiger charge is 2.12. The van der Waals surface area contributed by atoms with Crippen LogP contribution in [0.25, 0.3) is 0 Å². The summed E-state index contributed by atoms with van der Waals surface area (Å²) in [5.41, 5.74) is 1.91. The summed E-state index contributed by atoms with van der Waals surface area (Å²) in [5, 5.41) is 7.27. The molecule has 0 saturated carbocycles. The van der Waals surface area contributed by atoms with Crippen molar-refractivity contribution in [3.8, 4) is 11.5 Å². The molecule has 130 valence electrons. The number of benzene rings is 1. The maximum Gasteiger partial charge on any atom is 0.222 e. The molecule has 0 radical (unpaired) electrons. The van der Waals surface area contributed by atoms with Gasteiger partial charge in [0.2, 0.25) is 5.91 Å². The van der Waals surface area contributed by atoms with Gasteiger partial charge in [-0.1, -0.05) is 6.07 Å². The van der Waals surface area contributed by atoms with E-state index in [1.807, 2.05) is 55.9 Å². The van der Waals surface area contributed by atoms with Gasteiger partial charge in [0, 0.05) is 19.2 Å². The number of hydrogen-bond acceptors (Lipinski definition) is 4. The SMILES string of the molecule is CCOc1ccc(CNC(=O)C[C@H](C)n2ccc(C)n2)cc1OC. The van der Waals surface area contributed by atoms with Gasteiger partial charge in [-0.05, 0) is 44.5 Å². The van der Waals surface area contributed by atoms with Crippen molar-refractivity contribution in [2.24, 2.45) is 0 Å². The van der Waals surface area contributed by atoms with Crippen molar-refractivity contribution in [1.29, 1.82) is 0 Å². The van der Waals surface area contributed by atoms with Gasteiger partial charge in [0.15, 0.2) is 11.5 Å². The molecule has 2 rings (SSSR count). The maximum atomic E-state index is 12.1. The molecule has 1 N–H and O–H groups in total. The number of amides is 1. The highest BCUT2D eigenvalue weighted by molar-refractivity contribution is 5.76. The van der Waals surface area contributed by atoms with Crippen LogP contribution >= 0.6 is 0 Å². The number of hydrogen-bond donors (Lipinski definition) is 1. The molecule has 0 unspecified atom stereocenters. The fourth-order valence-electron chi connectivity index (χ4n) is 2.41. The van der Waals surface area contributed by atoms with Crippen molar-refractivity contribution in [3.63, 3.8) is 0 Å². The molecular weight excluding hydrogens is 306 g/mol. The monoisotopic (exact) mass is 331 g/mol. The summed E-state index contributed by atoms with van der Waals surface area (Å²) in [7, 11) is 1.61. The van der Waals surface area contributed by atoms with Gasteiger partial charge in [-0.2, -0.15) is 5.10 Å². The van der Waals surface area contributed by atoms with Gasteiger partial charge in [0.1, 0.15) is 0 Å². The average Bonchev–Trinajstić information content (AvgIpc) is 3.00. The van der Waals surface area contributed by atoms with Crippen LogP contribution in [-0.4, -0.2) is 29.4 Å². The lowest BCUT2D eigenvalue weighted by molar-refractivity contribution is -0.122. The van der Waals surface area contributed by atoms with Crippen LogP contribution in [0.4, 0.5) is 0 Å². The lowest BCUT2D eigenvalue weighted by Crippen LogP contribution is -2.25. The molecule has 2 aromatic rings. The Labute approximate surface area is 142 Å². The zero-order valence-corrected chi connectivity index (χ0v) is 14.7. The van der Waals surface area contributed by atoms with Gasteiger partial charge in [-0.25, -0.2) is 0 Å². The summed E-state index contributed by atoms with van der Waals surface area (Å²) in [6, 6.07) is 7.62. The number of rotatable bonds is 8. The van der Waals surface area contributed by atoms with Crippen LogP contribution in [0.5, 0.6) is 11.5 Å². The number of aromatic nitrogens is 2. The minimum absolute atomic E-state index is 0.0106. The lowest BCUT2D eigenvalue weighted by Gasteiger charge is -2.13. The third kappa shape index (κ3) is 4.75. The Morgan fingerprint density at radius 1 is 1.33 bits per heavy atom. The molecule has 1 amide bonds. The van der Waals surface area contributed by atoms with E-state index in [9.17, 15) is 4.79 Å². The van der Waals surface area contributed by atoms with Crippen LogP contribution in [0.3, 0.4) is 0 Å². The van der Waals surface area contributed by atoms with Gasteiger partial charge < -0.3 is 14.8 Å². The molecule has 0 aliphatic heterocycles. The number of carbonyl (C=O) groups excluding carboxylic acids is 1. The maximum absolute atomic E-state index is 12.1. The zero-order chi connectivity index (χ0) is 17.5. The summed E-state index contributed by atoms with van der Waals surface area (Å²) < 4.78 is 12.6. The number of aryl methyl sites for hydroxylation is 1. The standard InChI is InChI=1S/C18H25N3O3/c1-5-24-16-7-6-15(11-17(16)23-4)12-19-18(22)10-14(3)21-9-8-13(2)20-21/h6-9,11,14H,5,10,12H2,1-4H3,(H,19,22)/t14-/m0/s1. The number of carbonyl (C=O) groups is 1. The Morgan fingerprint density at radius 3 is 2.75 bits per heavy atom. The number of nitrogens with zero attached hydrogens (tertiary/aromatic N) is 2. The zero-order valence-electron chi connectivity index (χ0n) is 14.7. The van der Waals surface area contributed by atoms with Gasteiger partial charge in [-0.15, -0.1) is 0 Å². The van der Waals surface area contributed by atoms with E-state index < -0.39 is 0 Å². The molecule has 0 saturated heterocycles. The molecule has 0 fully saturated rings. The molecule has 6 nitrogen and oxygen atoms in total. The Kier molecular flexibility index (Phi) is 6.23. The molecule has 1 aromatic carbocycles. The van der Waals surface area contributed by atoms with Crippen molar-refractivity contribution in [3.05, 3.63) is 41.7 Å². The van der Waals surface area contributed by atoms with Crippen LogP contribution < -0.4 is 14.8 Å². The summed E-state index contributed by atoms with van der Waals surface area (Å²) in [5.74, 6) is 1.37. The fourth-order valence-corrected chi connectivity index (χ4v) is 2.41. The van der Waals surface area contributed by atoms with E-state index in [-0.39, 0.29) is 11.9 Å². The second-order valence-electron chi connectivity index (χ2n) is 5.69. The molecule has 0 aliphatic rings. The number of methoxy groups -OCH3 is 1. The quantitative estimate of drug-likeness (QED) is 0.808. The first kappa shape index (κ1) is 17.8. The van der Waals surface area contributed by atoms with E-state index in [4.69, 9.17) is 9.47 Å². The molecule has 1 atom stereocenters. The first-order valence-electron chi connectivity index (χ1n) is 8.11. The molecule has 1 heterocycles. The second-order valence-corrected chi connectivity index (χ2v) is 5.69. The van der Waals surface area contributed by atoms with E-state index in [0.29, 0.717) is 31.1 Å². The largest absolute Gasteiger partial charge is 0.493 e. The van der Waals surface area contributed by atoms with Gasteiger partial charge >= 0.3 is 0 Å². The van der Waals surface area contributed by atoms with E-state index in [0.717, 1.165) is 11.3 Å². The molecule has 6 heteroatoms. The second kappa shape index (κ2) is 8.38. The molecule has 0 aliphatic carbocycles. The summed E-state index contributed by atoms with van der Waals surface area (Å²) in [6.45, 7) is 6.87. The van der Waals surface area contributed by atoms with Crippen LogP contribution in [-0.2, 0) is 11.3 Å². The molecule has 1 aromatic heterocycles. The predicted octanol–water partition coefficient (Wildman–Crippen LogP) is 2.87. The third-order valence-corrected chi connectivity index (χ3v) is 3.69. The predicted molar refractivity (Wildman–Crippen MR) is 92.3 cm³/mol. The molecular formula is C18H25N3O3. The van der Waals surface area contributed by atoms with E-state index in [2.05, 4.69) is 10.4 Å². The van der Waals surface area contributed by atoms with Crippen LogP contribution in [0.1, 0.15) is 37.6 Å². The van der Waals surface area contributed by atoms with Crippen molar-refractivity contribution >= 4 is 5.91 Å². The average molecular weight is 331 g/mol. The van der Waals surface area contributed by atoms with E-state index >= 15 is 0 Å². The smallest absolute Gasteiger partial charge is 0.222 e. The first-order valence-corrected chi connectivity index (χ1v) is 8.11. The minimum atomic E-state index is -0.0106. The first-order chi connectivity index (χ1) is 11.5. The van der Waals surface area contributed by atoms with Crippen molar-refractivity contribution in [1.82, 2.24) is 15.1 Å². The lowest BCUT2D eigenvalue weighted by atomic mass is 10.2. The van der Waals surface area contributed by atoms with Gasteiger partial charge in [-0.3, -0.25) is 9.48 Å². The Morgan fingerprint density at radius 2 is 2.12 bits per heavy atom. The van der Waals surface area contributed by atoms with Crippen molar-refractivity contribution in [2.75, 3.05) is 13.7 Å². The minimum Gasteiger partial charge on any atom is -0.493 e. The van der Waals surface area contributed by atoms with Crippen LogP contribution in [0.2, 0.25) is 0 Å². The van der Waals surface area contributed by atoms with Gasteiger partial charge in [0.25, 0.3) is 0 Å². The van der Waals surface area contributed by atoms with E-state index in [1.165, 1.54) is 0 Å². The van der Waals surface area contributed by atoms with Crippen LogP contribution in [0, 0.1) is 6.92 Å². The van der Waals surface area contributed by atoms with E-state index in [1.54, 1.807) is 7.11 Å². The van der Waals surface area contributed by atoms with Crippen molar-refractivity contribution < 1.29 is 14.3 Å². The molecule has 0 spiro atoms. The van der Waals surface area contributed by atoms with Crippen molar-refractivity contribution in [2.45, 2.75) is 39.8 Å². The third-order valence-electron chi connectivity index (χ3n) is 3.69.